The largest absolute Gasteiger partial charge is 0.497 e. The van der Waals surface area contributed by atoms with Crippen LogP contribution in [0.3, 0.4) is 0 Å². The van der Waals surface area contributed by atoms with Gasteiger partial charge in [-0.3, -0.25) is 14.5 Å². The standard InChI is InChI=1S/C46H43N3O4S3/c1-6-8-9-30(7-2)28-48-45(50)38(29(3)39(27-47)46(48)51)26-37-20-21-40(54-37)41-22-23-42(55-41)44-24-31-10-11-34(25-43(31)56-44)49(32-12-16-35(52-4)17-13-32)33-14-18-36(53-5)19-15-33/h10-26,30H,6-9,28H2,1-5H3. The Bertz CT molecular complexity index is 2430. The first-order valence-corrected chi connectivity index (χ1v) is 21.2. The van der Waals surface area contributed by atoms with E-state index in [1.165, 1.54) is 24.7 Å². The first kappa shape index (κ1) is 38.8. The zero-order valence-electron chi connectivity index (χ0n) is 32.1. The highest BCUT2D eigenvalue weighted by molar-refractivity contribution is 7.28. The second kappa shape index (κ2) is 17.1. The van der Waals surface area contributed by atoms with E-state index < -0.39 is 5.91 Å². The summed E-state index contributed by atoms with van der Waals surface area (Å²) in [6, 6.07) is 35.5. The molecule has 7 nitrogen and oxygen atoms in total. The molecule has 1 atom stereocenters. The van der Waals surface area contributed by atoms with E-state index in [2.05, 4.69) is 91.5 Å². The van der Waals surface area contributed by atoms with Crippen molar-refractivity contribution in [1.82, 2.24) is 4.90 Å². The first-order chi connectivity index (χ1) is 27.2. The molecule has 10 heteroatoms. The lowest BCUT2D eigenvalue weighted by Gasteiger charge is -2.30. The zero-order valence-corrected chi connectivity index (χ0v) is 34.6. The van der Waals surface area contributed by atoms with Crippen molar-refractivity contribution < 1.29 is 19.1 Å². The van der Waals surface area contributed by atoms with Gasteiger partial charge in [0.15, 0.2) is 0 Å². The van der Waals surface area contributed by atoms with Crippen molar-refractivity contribution >= 4 is 79.0 Å². The number of hydrogen-bond donors (Lipinski definition) is 0. The van der Waals surface area contributed by atoms with Crippen LogP contribution in [0.2, 0.25) is 0 Å². The number of anilines is 3. The number of methoxy groups -OCH3 is 2. The lowest BCUT2D eigenvalue weighted by atomic mass is 9.92. The molecule has 1 aliphatic heterocycles. The smallest absolute Gasteiger partial charge is 0.271 e. The fourth-order valence-corrected chi connectivity index (χ4v) is 10.2. The van der Waals surface area contributed by atoms with Crippen LogP contribution in [0.5, 0.6) is 11.5 Å². The van der Waals surface area contributed by atoms with E-state index in [9.17, 15) is 14.9 Å². The molecule has 3 aromatic heterocycles. The number of carbonyl (C=O) groups excluding carboxylic acids is 2. The van der Waals surface area contributed by atoms with Gasteiger partial charge in [0.25, 0.3) is 11.8 Å². The molecule has 3 aromatic carbocycles. The van der Waals surface area contributed by atoms with Crippen LogP contribution >= 0.6 is 34.0 Å². The molecule has 0 spiro atoms. The van der Waals surface area contributed by atoms with Crippen LogP contribution in [0.4, 0.5) is 17.1 Å². The summed E-state index contributed by atoms with van der Waals surface area (Å²) in [5, 5.41) is 11.1. The monoisotopic (exact) mass is 797 g/mol. The summed E-state index contributed by atoms with van der Waals surface area (Å²) in [5.41, 5.74) is 3.98. The Labute approximate surface area is 340 Å². The number of hydrogen-bond acceptors (Lipinski definition) is 9. The minimum Gasteiger partial charge on any atom is -0.497 e. The first-order valence-electron chi connectivity index (χ1n) is 18.8. The summed E-state index contributed by atoms with van der Waals surface area (Å²) in [4.78, 5) is 36.1. The minimum atomic E-state index is -0.482. The highest BCUT2D eigenvalue weighted by Gasteiger charge is 2.36. The Morgan fingerprint density at radius 1 is 0.750 bits per heavy atom. The normalized spacial score (nSPS) is 14.4. The third kappa shape index (κ3) is 7.94. The van der Waals surface area contributed by atoms with Gasteiger partial charge in [0, 0.05) is 58.3 Å². The van der Waals surface area contributed by atoms with E-state index >= 15 is 0 Å². The maximum absolute atomic E-state index is 13.8. The highest BCUT2D eigenvalue weighted by Crippen LogP contribution is 2.44. The molecule has 4 heterocycles. The van der Waals surface area contributed by atoms with Crippen molar-refractivity contribution in [2.24, 2.45) is 5.92 Å². The number of carbonyl (C=O) groups is 2. The molecule has 0 fully saturated rings. The number of rotatable bonds is 14. The maximum atomic E-state index is 13.8. The third-order valence-electron chi connectivity index (χ3n) is 10.2. The number of imide groups is 1. The molecule has 1 unspecified atom stereocenters. The SMILES string of the molecule is CCCCC(CC)CN1C(=O)C(=Cc2ccc(-c3ccc(-c4cc5ccc(N(c6ccc(OC)cc6)c6ccc(OC)cc6)cc5s4)s3)s2)C(C)=C(C#N)C1=O. The van der Waals surface area contributed by atoms with E-state index in [0.29, 0.717) is 17.7 Å². The van der Waals surface area contributed by atoms with Gasteiger partial charge in [0.05, 0.1) is 14.2 Å². The molecule has 0 saturated carbocycles. The van der Waals surface area contributed by atoms with Crippen LogP contribution in [0, 0.1) is 17.2 Å². The summed E-state index contributed by atoms with van der Waals surface area (Å²) in [6.45, 7) is 6.26. The predicted octanol–water partition coefficient (Wildman–Crippen LogP) is 12.7. The van der Waals surface area contributed by atoms with Crippen LogP contribution in [-0.4, -0.2) is 37.5 Å². The summed E-state index contributed by atoms with van der Waals surface area (Å²) < 4.78 is 12.0. The lowest BCUT2D eigenvalue weighted by molar-refractivity contribution is -0.141. The molecule has 7 rings (SSSR count). The fraction of sp³-hybridized carbons (Fsp3) is 0.239. The van der Waals surface area contributed by atoms with Crippen LogP contribution < -0.4 is 14.4 Å². The van der Waals surface area contributed by atoms with Crippen molar-refractivity contribution in [3.05, 3.63) is 119 Å². The van der Waals surface area contributed by atoms with Crippen LogP contribution in [0.1, 0.15) is 51.3 Å². The quantitative estimate of drug-likeness (QED) is 0.0806. The summed E-state index contributed by atoms with van der Waals surface area (Å²) >= 11 is 5.11. The summed E-state index contributed by atoms with van der Waals surface area (Å²) in [5.74, 6) is 1.01. The molecule has 2 amide bonds. The number of fused-ring (bicyclic) bond motifs is 1. The Balaban J connectivity index is 1.15. The molecular weight excluding hydrogens is 755 g/mol. The number of nitriles is 1. The van der Waals surface area contributed by atoms with Crippen molar-refractivity contribution in [3.63, 3.8) is 0 Å². The zero-order chi connectivity index (χ0) is 39.3. The van der Waals surface area contributed by atoms with Crippen molar-refractivity contribution in [1.29, 1.82) is 5.26 Å². The molecule has 56 heavy (non-hydrogen) atoms. The van der Waals surface area contributed by atoms with E-state index in [4.69, 9.17) is 9.47 Å². The Morgan fingerprint density at radius 3 is 1.96 bits per heavy atom. The molecule has 0 radical (unpaired) electrons. The van der Waals surface area contributed by atoms with Crippen molar-refractivity contribution in [2.75, 3.05) is 25.7 Å². The number of unbranched alkanes of at least 4 members (excludes halogenated alkanes) is 1. The lowest BCUT2D eigenvalue weighted by Crippen LogP contribution is -2.45. The molecule has 0 saturated heterocycles. The molecule has 284 valence electrons. The van der Waals surface area contributed by atoms with Gasteiger partial charge in [-0.1, -0.05) is 39.2 Å². The van der Waals surface area contributed by atoms with Gasteiger partial charge >= 0.3 is 0 Å². The molecular formula is C46H43N3O4S3. The Kier molecular flexibility index (Phi) is 11.9. The van der Waals surface area contributed by atoms with Gasteiger partial charge in [-0.15, -0.1) is 34.0 Å². The second-order valence-corrected chi connectivity index (χ2v) is 17.0. The van der Waals surface area contributed by atoms with Gasteiger partial charge in [-0.25, -0.2) is 0 Å². The number of benzene rings is 3. The van der Waals surface area contributed by atoms with Crippen LogP contribution in [-0.2, 0) is 9.59 Å². The van der Waals surface area contributed by atoms with E-state index in [0.717, 1.165) is 68.9 Å². The average Bonchev–Trinajstić information content (AvgIpc) is 4.00. The molecule has 0 aliphatic carbocycles. The molecule has 0 bridgehead atoms. The Morgan fingerprint density at radius 2 is 1.36 bits per heavy atom. The summed E-state index contributed by atoms with van der Waals surface area (Å²) in [7, 11) is 3.35. The highest BCUT2D eigenvalue weighted by atomic mass is 32.1. The number of nitrogens with zero attached hydrogens (tertiary/aromatic N) is 3. The van der Waals surface area contributed by atoms with Crippen LogP contribution in [0.15, 0.2) is 114 Å². The van der Waals surface area contributed by atoms with Gasteiger partial charge < -0.3 is 14.4 Å². The minimum absolute atomic E-state index is 0.0468. The summed E-state index contributed by atoms with van der Waals surface area (Å²) in [6.07, 6.45) is 5.75. The Hall–Kier alpha value is -5.47. The third-order valence-corrected chi connectivity index (χ3v) is 13.8. The van der Waals surface area contributed by atoms with E-state index in [-0.39, 0.29) is 17.4 Å². The van der Waals surface area contributed by atoms with E-state index in [1.54, 1.807) is 55.2 Å². The van der Waals surface area contributed by atoms with Crippen molar-refractivity contribution in [2.45, 2.75) is 46.5 Å². The fourth-order valence-electron chi connectivity index (χ4n) is 6.97. The molecule has 1 aliphatic rings. The topological polar surface area (TPSA) is 82.9 Å². The van der Waals surface area contributed by atoms with Gasteiger partial charge in [-0.2, -0.15) is 5.26 Å². The molecule has 0 N–H and O–H groups in total. The number of ether oxygens (including phenoxy) is 2. The molecule has 6 aromatic rings. The number of thiophene rings is 3. The average molecular weight is 798 g/mol. The predicted molar refractivity (Wildman–Crippen MR) is 233 cm³/mol. The van der Waals surface area contributed by atoms with Gasteiger partial charge in [0.1, 0.15) is 23.1 Å². The van der Waals surface area contributed by atoms with E-state index in [1.807, 2.05) is 36.4 Å². The maximum Gasteiger partial charge on any atom is 0.271 e. The van der Waals surface area contributed by atoms with Gasteiger partial charge in [0.2, 0.25) is 0 Å². The van der Waals surface area contributed by atoms with Gasteiger partial charge in [-0.05, 0) is 127 Å². The van der Waals surface area contributed by atoms with Crippen molar-refractivity contribution in [3.8, 4) is 37.1 Å². The van der Waals surface area contributed by atoms with Crippen LogP contribution in [0.25, 0.3) is 35.7 Å². The second-order valence-electron chi connectivity index (χ2n) is 13.7. The number of amides is 2.